The van der Waals surface area contributed by atoms with Crippen LogP contribution in [0.1, 0.15) is 39.2 Å². The molecule has 1 fully saturated rings. The van der Waals surface area contributed by atoms with Crippen molar-refractivity contribution >= 4 is 6.09 Å². The zero-order valence-corrected chi connectivity index (χ0v) is 13.9. The highest BCUT2D eigenvalue weighted by Gasteiger charge is 2.32. The highest BCUT2D eigenvalue weighted by Crippen LogP contribution is 2.23. The van der Waals surface area contributed by atoms with Crippen LogP contribution in [0.15, 0.2) is 30.3 Å². The summed E-state index contributed by atoms with van der Waals surface area (Å²) in [6.45, 7) is 7.14. The SMILES string of the molecule is CC(C)(C)OC(=O)N1CCC(C(N)CCc2ccccc2)C1. The molecule has 1 amide bonds. The molecule has 4 heteroatoms. The molecule has 4 nitrogen and oxygen atoms in total. The van der Waals surface area contributed by atoms with E-state index in [4.69, 9.17) is 10.5 Å². The number of aryl methyl sites for hydroxylation is 1. The van der Waals surface area contributed by atoms with Crippen LogP contribution in [0.3, 0.4) is 0 Å². The zero-order valence-electron chi connectivity index (χ0n) is 13.9. The number of nitrogens with zero attached hydrogens (tertiary/aromatic N) is 1. The van der Waals surface area contributed by atoms with Crippen molar-refractivity contribution in [3.8, 4) is 0 Å². The first kappa shape index (κ1) is 16.8. The molecule has 0 bridgehead atoms. The van der Waals surface area contributed by atoms with E-state index in [2.05, 4.69) is 24.3 Å². The monoisotopic (exact) mass is 304 g/mol. The van der Waals surface area contributed by atoms with Crippen LogP contribution in [0.4, 0.5) is 4.79 Å². The molecule has 2 unspecified atom stereocenters. The van der Waals surface area contributed by atoms with Crippen molar-refractivity contribution in [2.75, 3.05) is 13.1 Å². The van der Waals surface area contributed by atoms with Gasteiger partial charge in [0.15, 0.2) is 0 Å². The van der Waals surface area contributed by atoms with Crippen molar-refractivity contribution in [1.82, 2.24) is 4.90 Å². The second-order valence-corrected chi connectivity index (χ2v) is 7.16. The van der Waals surface area contributed by atoms with Crippen LogP contribution in [0.5, 0.6) is 0 Å². The summed E-state index contributed by atoms with van der Waals surface area (Å²) < 4.78 is 5.43. The fourth-order valence-corrected chi connectivity index (χ4v) is 2.84. The highest BCUT2D eigenvalue weighted by molar-refractivity contribution is 5.68. The normalized spacial score (nSPS) is 20.0. The van der Waals surface area contributed by atoms with Crippen molar-refractivity contribution in [3.63, 3.8) is 0 Å². The van der Waals surface area contributed by atoms with Gasteiger partial charge in [0.05, 0.1) is 0 Å². The molecule has 122 valence electrons. The highest BCUT2D eigenvalue weighted by atomic mass is 16.6. The first-order valence-electron chi connectivity index (χ1n) is 8.12. The summed E-state index contributed by atoms with van der Waals surface area (Å²) in [5.74, 6) is 0.372. The third-order valence-electron chi connectivity index (χ3n) is 4.09. The molecule has 0 spiro atoms. The summed E-state index contributed by atoms with van der Waals surface area (Å²) in [6, 6.07) is 10.5. The number of rotatable bonds is 4. The van der Waals surface area contributed by atoms with Crippen molar-refractivity contribution in [3.05, 3.63) is 35.9 Å². The molecule has 2 atom stereocenters. The second kappa shape index (κ2) is 7.14. The Morgan fingerprint density at radius 3 is 2.68 bits per heavy atom. The molecule has 0 radical (unpaired) electrons. The van der Waals surface area contributed by atoms with E-state index in [1.165, 1.54) is 5.56 Å². The fraction of sp³-hybridized carbons (Fsp3) is 0.611. The van der Waals surface area contributed by atoms with E-state index in [0.717, 1.165) is 25.8 Å². The van der Waals surface area contributed by atoms with E-state index in [-0.39, 0.29) is 12.1 Å². The molecule has 1 aliphatic rings. The predicted molar refractivity (Wildman–Crippen MR) is 88.7 cm³/mol. The van der Waals surface area contributed by atoms with E-state index in [9.17, 15) is 4.79 Å². The molecule has 1 heterocycles. The molecule has 0 aliphatic carbocycles. The van der Waals surface area contributed by atoms with Gasteiger partial charge in [0.2, 0.25) is 0 Å². The molecule has 1 saturated heterocycles. The minimum atomic E-state index is -0.440. The lowest BCUT2D eigenvalue weighted by atomic mass is 9.94. The number of nitrogens with two attached hydrogens (primary N) is 1. The number of amides is 1. The summed E-state index contributed by atoms with van der Waals surface area (Å²) in [6.07, 6.45) is 2.70. The molecule has 2 rings (SSSR count). The first-order valence-corrected chi connectivity index (χ1v) is 8.12. The third kappa shape index (κ3) is 5.02. The lowest BCUT2D eigenvalue weighted by Gasteiger charge is -2.25. The van der Waals surface area contributed by atoms with Crippen LogP contribution in [0.25, 0.3) is 0 Å². The number of carbonyl (C=O) groups is 1. The molecule has 22 heavy (non-hydrogen) atoms. The molecular formula is C18H28N2O2. The van der Waals surface area contributed by atoms with Gasteiger partial charge < -0.3 is 15.4 Å². The number of likely N-dealkylation sites (tertiary alicyclic amines) is 1. The van der Waals surface area contributed by atoms with E-state index < -0.39 is 5.60 Å². The van der Waals surface area contributed by atoms with Crippen molar-refractivity contribution in [1.29, 1.82) is 0 Å². The molecular weight excluding hydrogens is 276 g/mol. The largest absolute Gasteiger partial charge is 0.444 e. The number of hydrogen-bond acceptors (Lipinski definition) is 3. The second-order valence-electron chi connectivity index (χ2n) is 7.16. The molecule has 1 aromatic carbocycles. The molecule has 1 aliphatic heterocycles. The summed E-state index contributed by atoms with van der Waals surface area (Å²) in [5.41, 5.74) is 7.22. The van der Waals surface area contributed by atoms with Gasteiger partial charge in [-0.15, -0.1) is 0 Å². The Balaban J connectivity index is 1.78. The van der Waals surface area contributed by atoms with E-state index >= 15 is 0 Å². The Labute approximate surface area is 133 Å². The smallest absolute Gasteiger partial charge is 0.410 e. The van der Waals surface area contributed by atoms with Gasteiger partial charge in [-0.3, -0.25) is 0 Å². The van der Waals surface area contributed by atoms with Gasteiger partial charge in [-0.05, 0) is 51.5 Å². The van der Waals surface area contributed by atoms with Crippen molar-refractivity contribution < 1.29 is 9.53 Å². The maximum atomic E-state index is 12.1. The maximum absolute atomic E-state index is 12.1. The van der Waals surface area contributed by atoms with Crippen LogP contribution in [-0.4, -0.2) is 35.7 Å². The number of ether oxygens (including phenoxy) is 1. The standard InChI is InChI=1S/C18H28N2O2/c1-18(2,3)22-17(21)20-12-11-15(13-20)16(19)10-9-14-7-5-4-6-8-14/h4-8,15-16H,9-13,19H2,1-3H3. The van der Waals surface area contributed by atoms with Crippen LogP contribution in [0, 0.1) is 5.92 Å². The molecule has 0 aromatic heterocycles. The average molecular weight is 304 g/mol. The van der Waals surface area contributed by atoms with Crippen LogP contribution >= 0.6 is 0 Å². The summed E-state index contributed by atoms with van der Waals surface area (Å²) in [5, 5.41) is 0. The lowest BCUT2D eigenvalue weighted by molar-refractivity contribution is 0.0286. The van der Waals surface area contributed by atoms with Gasteiger partial charge in [-0.1, -0.05) is 30.3 Å². The molecule has 2 N–H and O–H groups in total. The Morgan fingerprint density at radius 2 is 2.05 bits per heavy atom. The number of carbonyl (C=O) groups excluding carboxylic acids is 1. The van der Waals surface area contributed by atoms with Crippen LogP contribution in [0.2, 0.25) is 0 Å². The maximum Gasteiger partial charge on any atom is 0.410 e. The van der Waals surface area contributed by atoms with Crippen molar-refractivity contribution in [2.45, 2.75) is 51.7 Å². The number of hydrogen-bond donors (Lipinski definition) is 1. The summed E-state index contributed by atoms with van der Waals surface area (Å²) in [4.78, 5) is 13.9. The van der Waals surface area contributed by atoms with Crippen LogP contribution in [-0.2, 0) is 11.2 Å². The topological polar surface area (TPSA) is 55.6 Å². The quantitative estimate of drug-likeness (QED) is 0.929. The van der Waals surface area contributed by atoms with E-state index in [0.29, 0.717) is 12.5 Å². The number of benzene rings is 1. The van der Waals surface area contributed by atoms with E-state index in [1.807, 2.05) is 26.8 Å². The van der Waals surface area contributed by atoms with Gasteiger partial charge in [0, 0.05) is 19.1 Å². The van der Waals surface area contributed by atoms with E-state index in [1.54, 1.807) is 4.90 Å². The van der Waals surface area contributed by atoms with Gasteiger partial charge in [-0.25, -0.2) is 4.79 Å². The third-order valence-corrected chi connectivity index (χ3v) is 4.09. The van der Waals surface area contributed by atoms with Gasteiger partial charge in [0.25, 0.3) is 0 Å². The average Bonchev–Trinajstić information content (AvgIpc) is 2.94. The Bertz CT molecular complexity index is 482. The van der Waals surface area contributed by atoms with Crippen LogP contribution < -0.4 is 5.73 Å². The first-order chi connectivity index (χ1) is 10.3. The summed E-state index contributed by atoms with van der Waals surface area (Å²) >= 11 is 0. The Hall–Kier alpha value is -1.55. The van der Waals surface area contributed by atoms with Gasteiger partial charge >= 0.3 is 6.09 Å². The van der Waals surface area contributed by atoms with Gasteiger partial charge in [0.1, 0.15) is 5.60 Å². The minimum Gasteiger partial charge on any atom is -0.444 e. The summed E-state index contributed by atoms with van der Waals surface area (Å²) in [7, 11) is 0. The zero-order chi connectivity index (χ0) is 16.2. The Kier molecular flexibility index (Phi) is 5.46. The lowest BCUT2D eigenvalue weighted by Crippen LogP contribution is -2.37. The van der Waals surface area contributed by atoms with Gasteiger partial charge in [-0.2, -0.15) is 0 Å². The Morgan fingerprint density at radius 1 is 1.36 bits per heavy atom. The van der Waals surface area contributed by atoms with Crippen molar-refractivity contribution in [2.24, 2.45) is 11.7 Å². The molecule has 0 saturated carbocycles. The fourth-order valence-electron chi connectivity index (χ4n) is 2.84. The minimum absolute atomic E-state index is 0.132. The predicted octanol–water partition coefficient (Wildman–Crippen LogP) is 3.20. The molecule has 1 aromatic rings.